The van der Waals surface area contributed by atoms with Crippen molar-refractivity contribution in [1.29, 1.82) is 0 Å². The molecule has 0 rings (SSSR count). The average molecular weight is 187 g/mol. The second-order valence-electron chi connectivity index (χ2n) is 3.62. The minimum Gasteiger partial charge on any atom is -0.358 e. The van der Waals surface area contributed by atoms with Crippen LogP contribution in [0.15, 0.2) is 0 Å². The fourth-order valence-corrected chi connectivity index (χ4v) is 0.744. The van der Waals surface area contributed by atoms with Crippen molar-refractivity contribution in [2.45, 2.75) is 25.8 Å². The smallest absolute Gasteiger partial charge is 0.239 e. The van der Waals surface area contributed by atoms with Crippen LogP contribution in [-0.4, -0.2) is 30.9 Å². The number of amides is 2. The Morgan fingerprint density at radius 3 is 2.23 bits per heavy atom. The van der Waals surface area contributed by atoms with Gasteiger partial charge in [0, 0.05) is 19.0 Å². The van der Waals surface area contributed by atoms with Crippen molar-refractivity contribution in [2.24, 2.45) is 5.73 Å². The molecule has 4 N–H and O–H groups in total. The molecule has 0 saturated carbocycles. The summed E-state index contributed by atoms with van der Waals surface area (Å²) in [6.07, 6.45) is 0.212. The Morgan fingerprint density at radius 1 is 1.31 bits per heavy atom. The number of likely N-dealkylation sites (N-methyl/N-ethyl adjacent to an activating group) is 1. The van der Waals surface area contributed by atoms with Crippen molar-refractivity contribution in [2.75, 3.05) is 13.6 Å². The molecule has 0 unspecified atom stereocenters. The van der Waals surface area contributed by atoms with E-state index in [2.05, 4.69) is 10.6 Å². The molecule has 0 aliphatic heterocycles. The van der Waals surface area contributed by atoms with Gasteiger partial charge in [-0.1, -0.05) is 0 Å². The lowest BCUT2D eigenvalue weighted by molar-refractivity contribution is -0.126. The Hall–Kier alpha value is -1.10. The molecule has 0 heterocycles. The molecule has 0 aromatic rings. The summed E-state index contributed by atoms with van der Waals surface area (Å²) in [4.78, 5) is 21.8. The van der Waals surface area contributed by atoms with Crippen LogP contribution in [-0.2, 0) is 9.59 Å². The maximum Gasteiger partial charge on any atom is 0.239 e. The van der Waals surface area contributed by atoms with Crippen LogP contribution < -0.4 is 16.4 Å². The van der Waals surface area contributed by atoms with Gasteiger partial charge in [0.15, 0.2) is 0 Å². The summed E-state index contributed by atoms with van der Waals surface area (Å²) < 4.78 is 0. The highest BCUT2D eigenvalue weighted by Crippen LogP contribution is 2.01. The van der Waals surface area contributed by atoms with E-state index in [1.165, 1.54) is 7.05 Å². The molecule has 5 nitrogen and oxygen atoms in total. The van der Waals surface area contributed by atoms with Crippen molar-refractivity contribution < 1.29 is 9.59 Å². The van der Waals surface area contributed by atoms with E-state index in [0.717, 1.165) is 0 Å². The van der Waals surface area contributed by atoms with Gasteiger partial charge in [0.05, 0.1) is 6.54 Å². The Labute approximate surface area is 78.1 Å². The molecule has 5 heteroatoms. The number of nitrogens with one attached hydrogen (secondary N) is 2. The molecule has 0 radical (unpaired) electrons. The molecule has 76 valence electrons. The SMILES string of the molecule is CNC(=O)CNC(=O)CC(C)(C)N. The van der Waals surface area contributed by atoms with Gasteiger partial charge in [0.25, 0.3) is 0 Å². The number of carbonyl (C=O) groups excluding carboxylic acids is 2. The first-order chi connectivity index (χ1) is 5.85. The molecule has 13 heavy (non-hydrogen) atoms. The van der Waals surface area contributed by atoms with Crippen molar-refractivity contribution in [3.63, 3.8) is 0 Å². The Balaban J connectivity index is 3.71. The highest BCUT2D eigenvalue weighted by Gasteiger charge is 2.16. The second kappa shape index (κ2) is 4.81. The third-order valence-corrected chi connectivity index (χ3v) is 1.34. The van der Waals surface area contributed by atoms with E-state index in [1.54, 1.807) is 13.8 Å². The summed E-state index contributed by atoms with van der Waals surface area (Å²) in [6.45, 7) is 3.52. The van der Waals surface area contributed by atoms with Gasteiger partial charge in [0.1, 0.15) is 0 Å². The largest absolute Gasteiger partial charge is 0.358 e. The topological polar surface area (TPSA) is 84.2 Å². The lowest BCUT2D eigenvalue weighted by atomic mass is 10.0. The quantitative estimate of drug-likeness (QED) is 0.526. The van der Waals surface area contributed by atoms with E-state index < -0.39 is 5.54 Å². The first-order valence-corrected chi connectivity index (χ1v) is 4.11. The van der Waals surface area contributed by atoms with E-state index in [-0.39, 0.29) is 24.8 Å². The molecule has 0 bridgehead atoms. The predicted molar refractivity (Wildman–Crippen MR) is 50.0 cm³/mol. The minimum absolute atomic E-state index is 0.00537. The number of rotatable bonds is 4. The van der Waals surface area contributed by atoms with Gasteiger partial charge in [-0.2, -0.15) is 0 Å². The summed E-state index contributed by atoms with van der Waals surface area (Å²) in [6, 6.07) is 0. The van der Waals surface area contributed by atoms with Crippen molar-refractivity contribution in [3.8, 4) is 0 Å². The third kappa shape index (κ3) is 7.27. The zero-order valence-electron chi connectivity index (χ0n) is 8.31. The van der Waals surface area contributed by atoms with Crippen molar-refractivity contribution in [1.82, 2.24) is 10.6 Å². The second-order valence-corrected chi connectivity index (χ2v) is 3.62. The summed E-state index contributed by atoms with van der Waals surface area (Å²) in [5.74, 6) is -0.431. The summed E-state index contributed by atoms with van der Waals surface area (Å²) >= 11 is 0. The number of hydrogen-bond acceptors (Lipinski definition) is 3. The van der Waals surface area contributed by atoms with Gasteiger partial charge in [-0.25, -0.2) is 0 Å². The zero-order valence-corrected chi connectivity index (χ0v) is 8.31. The van der Waals surface area contributed by atoms with E-state index in [9.17, 15) is 9.59 Å². The van der Waals surface area contributed by atoms with Crippen LogP contribution in [0, 0.1) is 0 Å². The summed E-state index contributed by atoms with van der Waals surface area (Å²) in [5.41, 5.74) is 5.08. The van der Waals surface area contributed by atoms with E-state index in [0.29, 0.717) is 0 Å². The Kier molecular flexibility index (Phi) is 4.40. The van der Waals surface area contributed by atoms with E-state index in [4.69, 9.17) is 5.73 Å². The van der Waals surface area contributed by atoms with Crippen LogP contribution in [0.3, 0.4) is 0 Å². The van der Waals surface area contributed by atoms with Crippen LogP contribution >= 0.6 is 0 Å². The molecule has 0 aromatic heterocycles. The summed E-state index contributed by atoms with van der Waals surface area (Å²) in [5, 5.41) is 4.86. The molecule has 0 aromatic carbocycles. The number of hydrogen-bond donors (Lipinski definition) is 3. The maximum atomic E-state index is 11.1. The van der Waals surface area contributed by atoms with Crippen LogP contribution in [0.1, 0.15) is 20.3 Å². The maximum absolute atomic E-state index is 11.1. The van der Waals surface area contributed by atoms with Crippen molar-refractivity contribution in [3.05, 3.63) is 0 Å². The van der Waals surface area contributed by atoms with Gasteiger partial charge in [0.2, 0.25) is 11.8 Å². The highest BCUT2D eigenvalue weighted by molar-refractivity contribution is 5.84. The van der Waals surface area contributed by atoms with Crippen LogP contribution in [0.4, 0.5) is 0 Å². The molecular weight excluding hydrogens is 170 g/mol. The minimum atomic E-state index is -0.535. The predicted octanol–water partition coefficient (Wildman–Crippen LogP) is -1.02. The van der Waals surface area contributed by atoms with Gasteiger partial charge in [-0.15, -0.1) is 0 Å². The van der Waals surface area contributed by atoms with Gasteiger partial charge in [-0.05, 0) is 13.8 Å². The molecule has 2 amide bonds. The molecule has 0 spiro atoms. The van der Waals surface area contributed by atoms with E-state index >= 15 is 0 Å². The number of nitrogens with two attached hydrogens (primary N) is 1. The molecule has 0 atom stereocenters. The van der Waals surface area contributed by atoms with Crippen LogP contribution in [0.25, 0.3) is 0 Å². The molecule has 0 aliphatic carbocycles. The van der Waals surface area contributed by atoms with Crippen molar-refractivity contribution >= 4 is 11.8 Å². The fraction of sp³-hybridized carbons (Fsp3) is 0.750. The van der Waals surface area contributed by atoms with E-state index in [1.807, 2.05) is 0 Å². The first kappa shape index (κ1) is 11.9. The average Bonchev–Trinajstić information content (AvgIpc) is 1.97. The Bertz CT molecular complexity index is 196. The lowest BCUT2D eigenvalue weighted by Gasteiger charge is -2.17. The van der Waals surface area contributed by atoms with Crippen LogP contribution in [0.5, 0.6) is 0 Å². The molecular formula is C8H17N3O2. The molecule has 0 aliphatic rings. The first-order valence-electron chi connectivity index (χ1n) is 4.11. The Morgan fingerprint density at radius 2 is 1.85 bits per heavy atom. The normalized spacial score (nSPS) is 10.8. The summed E-state index contributed by atoms with van der Waals surface area (Å²) in [7, 11) is 1.52. The molecule has 0 saturated heterocycles. The van der Waals surface area contributed by atoms with Gasteiger partial charge >= 0.3 is 0 Å². The number of carbonyl (C=O) groups is 2. The standard InChI is InChI=1S/C8H17N3O2/c1-8(2,9)4-6(12)11-5-7(13)10-3/h4-5,9H2,1-3H3,(H,10,13)(H,11,12). The monoisotopic (exact) mass is 187 g/mol. The van der Waals surface area contributed by atoms with Crippen LogP contribution in [0.2, 0.25) is 0 Å². The van der Waals surface area contributed by atoms with Gasteiger partial charge in [-0.3, -0.25) is 9.59 Å². The lowest BCUT2D eigenvalue weighted by Crippen LogP contribution is -2.41. The highest BCUT2D eigenvalue weighted by atomic mass is 16.2. The molecule has 0 fully saturated rings. The third-order valence-electron chi connectivity index (χ3n) is 1.34. The fourth-order valence-electron chi connectivity index (χ4n) is 0.744. The van der Waals surface area contributed by atoms with Gasteiger partial charge < -0.3 is 16.4 Å². The zero-order chi connectivity index (χ0) is 10.5.